The molecule has 3 aromatic rings. The van der Waals surface area contributed by atoms with Crippen molar-refractivity contribution in [1.82, 2.24) is 29.9 Å². The Morgan fingerprint density at radius 3 is 2.48 bits per heavy atom. The smallest absolute Gasteiger partial charge is 0.161 e. The molecule has 0 saturated heterocycles. The van der Waals surface area contributed by atoms with Crippen LogP contribution < -0.4 is 4.74 Å². The van der Waals surface area contributed by atoms with Crippen LogP contribution in [0.1, 0.15) is 18.2 Å². The highest BCUT2D eigenvalue weighted by Crippen LogP contribution is 2.27. The van der Waals surface area contributed by atoms with Gasteiger partial charge in [0.2, 0.25) is 0 Å². The van der Waals surface area contributed by atoms with Crippen molar-refractivity contribution in [3.8, 4) is 39.8 Å². The van der Waals surface area contributed by atoms with E-state index in [9.17, 15) is 4.39 Å². The van der Waals surface area contributed by atoms with Crippen LogP contribution in [0.2, 0.25) is 0 Å². The molecule has 0 saturated carbocycles. The van der Waals surface area contributed by atoms with Crippen LogP contribution in [0.25, 0.3) is 34.0 Å². The number of fused-ring (bicyclic) bond motifs is 1. The van der Waals surface area contributed by atoms with Crippen molar-refractivity contribution >= 4 is 0 Å². The van der Waals surface area contributed by atoms with Crippen molar-refractivity contribution in [2.45, 2.75) is 20.4 Å². The molecule has 0 bridgehead atoms. The third kappa shape index (κ3) is 4.27. The summed E-state index contributed by atoms with van der Waals surface area (Å²) < 4.78 is 21.1. The zero-order chi connectivity index (χ0) is 22.8. The highest BCUT2D eigenvalue weighted by molar-refractivity contribution is 5.67. The Bertz CT molecular complexity index is 1360. The molecule has 0 fully saturated rings. The number of nitrogens with zero attached hydrogens (tertiary/aromatic N) is 6. The molecule has 0 unspecified atom stereocenters. The maximum Gasteiger partial charge on any atom is 0.161 e. The van der Waals surface area contributed by atoms with E-state index in [0.29, 0.717) is 41.5 Å². The van der Waals surface area contributed by atoms with E-state index in [1.54, 1.807) is 23.9 Å². The minimum atomic E-state index is -0.276. The Labute approximate surface area is 190 Å². The Morgan fingerprint density at radius 2 is 1.73 bits per heavy atom. The van der Waals surface area contributed by atoms with Crippen LogP contribution in [0, 0.1) is 12.7 Å². The van der Waals surface area contributed by atoms with Gasteiger partial charge in [0.25, 0.3) is 0 Å². The summed E-state index contributed by atoms with van der Waals surface area (Å²) in [5, 5.41) is 13.1. The van der Waals surface area contributed by atoms with Gasteiger partial charge >= 0.3 is 0 Å². The minimum Gasteiger partial charge on any atom is -0.494 e. The van der Waals surface area contributed by atoms with E-state index in [1.807, 2.05) is 55.6 Å². The average molecular weight is 440 g/mol. The second-order valence-corrected chi connectivity index (χ2v) is 7.57. The number of ether oxygens (including phenoxy) is 1. The van der Waals surface area contributed by atoms with Crippen LogP contribution in [0.4, 0.5) is 4.39 Å². The molecule has 5 rings (SSSR count). The second-order valence-electron chi connectivity index (χ2n) is 7.57. The van der Waals surface area contributed by atoms with Gasteiger partial charge in [-0.3, -0.25) is 4.68 Å². The molecule has 33 heavy (non-hydrogen) atoms. The minimum absolute atomic E-state index is 0.276. The largest absolute Gasteiger partial charge is 0.494 e. The van der Waals surface area contributed by atoms with Crippen molar-refractivity contribution in [2.75, 3.05) is 6.61 Å². The van der Waals surface area contributed by atoms with Crippen molar-refractivity contribution < 1.29 is 9.13 Å². The van der Waals surface area contributed by atoms with Gasteiger partial charge in [0.15, 0.2) is 5.82 Å². The predicted octanol–water partition coefficient (Wildman–Crippen LogP) is 4.80. The SMILES string of the molecule is CCOc1ccc(-c2ccc(Cn3cc4nc(-c5cccc(F)c5C)nc-4cn3)nn2)cc1. The Balaban J connectivity index is 1.35. The highest BCUT2D eigenvalue weighted by Gasteiger charge is 2.16. The van der Waals surface area contributed by atoms with Crippen LogP contribution in [0.5, 0.6) is 5.75 Å². The van der Waals surface area contributed by atoms with E-state index in [2.05, 4.69) is 25.3 Å². The molecular weight excluding hydrogens is 419 g/mol. The normalized spacial score (nSPS) is 11.1. The summed E-state index contributed by atoms with van der Waals surface area (Å²) in [6.07, 6.45) is 3.46. The molecule has 2 aromatic carbocycles. The van der Waals surface area contributed by atoms with Crippen LogP contribution in [-0.2, 0) is 6.54 Å². The van der Waals surface area contributed by atoms with Gasteiger partial charge in [0.05, 0.1) is 36.9 Å². The molecule has 1 aromatic heterocycles. The summed E-state index contributed by atoms with van der Waals surface area (Å²) in [6.45, 7) is 4.75. The zero-order valence-electron chi connectivity index (χ0n) is 18.2. The van der Waals surface area contributed by atoms with Crippen molar-refractivity contribution in [3.05, 3.63) is 84.1 Å². The molecule has 164 valence electrons. The number of imidazole rings is 1. The lowest BCUT2D eigenvalue weighted by Gasteiger charge is -2.07. The Hall–Kier alpha value is -4.20. The quantitative estimate of drug-likeness (QED) is 0.378. The number of benzene rings is 2. The van der Waals surface area contributed by atoms with E-state index < -0.39 is 0 Å². The molecule has 2 aliphatic heterocycles. The fourth-order valence-corrected chi connectivity index (χ4v) is 3.57. The van der Waals surface area contributed by atoms with E-state index in [4.69, 9.17) is 4.74 Å². The van der Waals surface area contributed by atoms with Gasteiger partial charge in [-0.2, -0.15) is 15.3 Å². The first-order valence-corrected chi connectivity index (χ1v) is 10.6. The van der Waals surface area contributed by atoms with Gasteiger partial charge in [-0.05, 0) is 61.9 Å². The highest BCUT2D eigenvalue weighted by atomic mass is 19.1. The van der Waals surface area contributed by atoms with Crippen molar-refractivity contribution in [2.24, 2.45) is 0 Å². The van der Waals surface area contributed by atoms with E-state index in [1.165, 1.54) is 6.07 Å². The molecule has 3 heterocycles. The molecule has 0 aliphatic carbocycles. The van der Waals surface area contributed by atoms with Crippen LogP contribution >= 0.6 is 0 Å². The van der Waals surface area contributed by atoms with E-state index in [-0.39, 0.29) is 5.82 Å². The third-order valence-corrected chi connectivity index (χ3v) is 5.33. The van der Waals surface area contributed by atoms with E-state index in [0.717, 1.165) is 22.7 Å². The van der Waals surface area contributed by atoms with Gasteiger partial charge < -0.3 is 4.74 Å². The average Bonchev–Trinajstić information content (AvgIpc) is 3.25. The molecule has 2 aliphatic rings. The maximum absolute atomic E-state index is 13.9. The first-order valence-electron chi connectivity index (χ1n) is 10.6. The summed E-state index contributed by atoms with van der Waals surface area (Å²) in [6, 6.07) is 16.5. The summed E-state index contributed by atoms with van der Waals surface area (Å²) in [7, 11) is 0. The molecule has 7 nitrogen and oxygen atoms in total. The maximum atomic E-state index is 13.9. The lowest BCUT2D eigenvalue weighted by Crippen LogP contribution is -2.07. The van der Waals surface area contributed by atoms with Crippen LogP contribution in [-0.4, -0.2) is 36.6 Å². The first-order chi connectivity index (χ1) is 16.1. The van der Waals surface area contributed by atoms with Gasteiger partial charge in [0, 0.05) is 11.1 Å². The lowest BCUT2D eigenvalue weighted by atomic mass is 10.1. The summed E-state index contributed by atoms with van der Waals surface area (Å²) in [5.74, 6) is 1.04. The fraction of sp³-hybridized carbons (Fsp3) is 0.160. The van der Waals surface area contributed by atoms with Gasteiger partial charge in [-0.25, -0.2) is 14.4 Å². The number of halogens is 1. The third-order valence-electron chi connectivity index (χ3n) is 5.33. The molecule has 0 spiro atoms. The number of hydrogen-bond acceptors (Lipinski definition) is 6. The second kappa shape index (κ2) is 8.74. The molecule has 0 N–H and O–H groups in total. The molecule has 0 radical (unpaired) electrons. The van der Waals surface area contributed by atoms with Gasteiger partial charge in [-0.15, -0.1) is 0 Å². The summed E-state index contributed by atoms with van der Waals surface area (Å²) >= 11 is 0. The monoisotopic (exact) mass is 440 g/mol. The van der Waals surface area contributed by atoms with Crippen molar-refractivity contribution in [3.63, 3.8) is 0 Å². The molecule has 8 heteroatoms. The topological polar surface area (TPSA) is 78.6 Å². The fourth-order valence-electron chi connectivity index (χ4n) is 3.57. The standard InChI is InChI=1S/C25H21FN6O/c1-3-33-19-10-7-17(8-11-19)22-12-9-18(30-31-22)14-32-15-24-23(13-27-32)28-25(29-24)20-5-4-6-21(26)16(20)2/h4-13,15H,3,14H2,1-2H3. The van der Waals surface area contributed by atoms with Crippen molar-refractivity contribution in [1.29, 1.82) is 0 Å². The summed E-state index contributed by atoms with van der Waals surface area (Å²) in [4.78, 5) is 9.08. The molecule has 0 atom stereocenters. The van der Waals surface area contributed by atoms with E-state index >= 15 is 0 Å². The lowest BCUT2D eigenvalue weighted by molar-refractivity contribution is 0.340. The van der Waals surface area contributed by atoms with Gasteiger partial charge in [0.1, 0.15) is 23.0 Å². The zero-order valence-corrected chi connectivity index (χ0v) is 18.2. The number of aromatic nitrogens is 6. The Morgan fingerprint density at radius 1 is 0.909 bits per heavy atom. The molecule has 0 amide bonds. The number of rotatable bonds is 6. The number of hydrogen-bond donors (Lipinski definition) is 0. The van der Waals surface area contributed by atoms with Gasteiger partial charge in [-0.1, -0.05) is 12.1 Å². The first kappa shape index (κ1) is 20.7. The summed E-state index contributed by atoms with van der Waals surface area (Å²) in [5.41, 5.74) is 5.06. The predicted molar refractivity (Wildman–Crippen MR) is 122 cm³/mol. The van der Waals surface area contributed by atoms with Crippen LogP contribution in [0.3, 0.4) is 0 Å². The Kier molecular flexibility index (Phi) is 5.48. The molecular formula is C25H21FN6O. The van der Waals surface area contributed by atoms with Crippen LogP contribution in [0.15, 0.2) is 67.0 Å².